The van der Waals surface area contributed by atoms with Gasteiger partial charge >= 0.3 is 11.9 Å². The van der Waals surface area contributed by atoms with Crippen LogP contribution in [0.5, 0.6) is 0 Å². The summed E-state index contributed by atoms with van der Waals surface area (Å²) < 4.78 is 69.1. The number of halogens is 5. The van der Waals surface area contributed by atoms with E-state index in [0.717, 1.165) is 36.2 Å². The summed E-state index contributed by atoms with van der Waals surface area (Å²) in [5, 5.41) is 19.2. The van der Waals surface area contributed by atoms with Gasteiger partial charge in [-0.1, -0.05) is 30.1 Å². The van der Waals surface area contributed by atoms with E-state index in [2.05, 4.69) is 10.6 Å². The van der Waals surface area contributed by atoms with Gasteiger partial charge in [-0.3, -0.25) is 4.90 Å². The van der Waals surface area contributed by atoms with Gasteiger partial charge in [-0.15, -0.1) is 0 Å². The molecule has 2 heterocycles. The van der Waals surface area contributed by atoms with Crippen molar-refractivity contribution in [1.82, 2.24) is 20.1 Å². The topological polar surface area (TPSA) is 110 Å². The van der Waals surface area contributed by atoms with Gasteiger partial charge in [-0.05, 0) is 50.7 Å². The van der Waals surface area contributed by atoms with E-state index in [4.69, 9.17) is 23.2 Å². The molecular formula is C27H32Cl2F3N5O4S. The number of hydrogen-bond donors (Lipinski definition) is 2. The summed E-state index contributed by atoms with van der Waals surface area (Å²) >= 11 is 12.6. The van der Waals surface area contributed by atoms with Gasteiger partial charge in [0.1, 0.15) is 12.7 Å². The van der Waals surface area contributed by atoms with Crippen molar-refractivity contribution in [2.75, 3.05) is 39.0 Å². The van der Waals surface area contributed by atoms with Crippen LogP contribution < -0.4 is 21.1 Å². The minimum absolute atomic E-state index is 0.0435. The van der Waals surface area contributed by atoms with Gasteiger partial charge in [-0.25, -0.2) is 8.42 Å². The largest absolute Gasteiger partial charge is 0.708 e. The number of fused-ring (bicyclic) bond motifs is 1. The number of likely N-dealkylation sites (N-methyl/N-ethyl adjacent to an activating group) is 1. The Bertz CT molecular complexity index is 1630. The first-order valence-electron chi connectivity index (χ1n) is 13.4. The van der Waals surface area contributed by atoms with Crippen molar-refractivity contribution in [3.05, 3.63) is 72.9 Å². The predicted octanol–water partition coefficient (Wildman–Crippen LogP) is 3.58. The monoisotopic (exact) mass is 649 g/mol. The minimum Gasteiger partial charge on any atom is -0.708 e. The summed E-state index contributed by atoms with van der Waals surface area (Å²) in [6.07, 6.45) is -2.05. The molecule has 0 bridgehead atoms. The van der Waals surface area contributed by atoms with Gasteiger partial charge in [0.2, 0.25) is 0 Å². The molecule has 0 spiro atoms. The highest BCUT2D eigenvalue weighted by atomic mass is 35.5. The summed E-state index contributed by atoms with van der Waals surface area (Å²) in [6.45, 7) is 3.39. The highest BCUT2D eigenvalue weighted by molar-refractivity contribution is 7.91. The summed E-state index contributed by atoms with van der Waals surface area (Å²) in [7, 11) is -1.90. The number of nitrogens with one attached hydrogen (secondary N) is 2. The zero-order valence-electron chi connectivity index (χ0n) is 23.1. The lowest BCUT2D eigenvalue weighted by Crippen LogP contribution is -2.51. The van der Waals surface area contributed by atoms with Crippen LogP contribution in [0.1, 0.15) is 36.5 Å². The molecule has 1 aliphatic heterocycles. The van der Waals surface area contributed by atoms with Crippen LogP contribution in [-0.4, -0.2) is 62.9 Å². The van der Waals surface area contributed by atoms with E-state index in [9.17, 15) is 31.6 Å². The second-order valence-electron chi connectivity index (χ2n) is 10.3. The molecular weight excluding hydrogens is 618 g/mol. The van der Waals surface area contributed by atoms with E-state index in [-0.39, 0.29) is 55.0 Å². The first-order valence-corrected chi connectivity index (χ1v) is 15.8. The van der Waals surface area contributed by atoms with E-state index >= 15 is 0 Å². The van der Waals surface area contributed by atoms with Crippen LogP contribution in [0.2, 0.25) is 10.0 Å². The van der Waals surface area contributed by atoms with Gasteiger partial charge in [0, 0.05) is 48.4 Å². The Kier molecular flexibility index (Phi) is 10.1. The first-order chi connectivity index (χ1) is 19.8. The van der Waals surface area contributed by atoms with Crippen molar-refractivity contribution in [3.63, 3.8) is 0 Å². The second-order valence-corrected chi connectivity index (χ2v) is 13.3. The molecule has 42 heavy (non-hydrogen) atoms. The molecule has 4 rings (SSSR count). The third-order valence-corrected chi connectivity index (χ3v) is 9.84. The van der Waals surface area contributed by atoms with E-state index in [1.165, 1.54) is 25.1 Å². The maximum atomic E-state index is 14.4. The molecule has 0 unspecified atom stereocenters. The Morgan fingerprint density at radius 3 is 2.57 bits per heavy atom. The number of sulfone groups is 1. The molecule has 1 saturated heterocycles. The number of likely N-dealkylation sites (tertiary alicyclic amines) is 1. The smallest absolute Gasteiger partial charge is 0.501 e. The van der Waals surface area contributed by atoms with Gasteiger partial charge in [0.15, 0.2) is 15.4 Å². The lowest BCUT2D eigenvalue weighted by Gasteiger charge is -2.34. The third-order valence-electron chi connectivity index (χ3n) is 7.37. The quantitative estimate of drug-likeness (QED) is 0.196. The number of nitrogens with zero attached hydrogens (tertiary/aromatic N) is 3. The minimum atomic E-state index is -4.79. The molecule has 15 heteroatoms. The maximum absolute atomic E-state index is 14.4. The van der Waals surface area contributed by atoms with Gasteiger partial charge in [-0.2, -0.15) is 27.3 Å². The standard InChI is InChI=1S/C27H32Cl2F3N5O4S/c1-3-42(40,41)23-7-6-19(28)11-17(23)13-36-14-18-12-22(27(30,31)32)21(24(29)25(18)37(39)26(36)38)16-35-10-4-5-20(15-35)34-9-8-33-2/h6-7,11-12,14,20,33-34H,3-5,8-10,13,15-16H2,1-2H3/t20-/m0/s1. The van der Waals surface area contributed by atoms with Crippen molar-refractivity contribution >= 4 is 43.9 Å². The number of aromatic nitrogens is 2. The average Bonchev–Trinajstić information content (AvgIpc) is 2.92. The van der Waals surface area contributed by atoms with Gasteiger partial charge in [0.25, 0.3) is 0 Å². The maximum Gasteiger partial charge on any atom is 0.501 e. The number of benzene rings is 2. The van der Waals surface area contributed by atoms with E-state index in [0.29, 0.717) is 19.6 Å². The van der Waals surface area contributed by atoms with Crippen molar-refractivity contribution in [2.24, 2.45) is 0 Å². The molecule has 230 valence electrons. The fourth-order valence-corrected chi connectivity index (χ4v) is 6.92. The summed E-state index contributed by atoms with van der Waals surface area (Å²) in [5.74, 6) is -0.229. The summed E-state index contributed by atoms with van der Waals surface area (Å²) in [4.78, 5) is 14.9. The normalized spacial score (nSPS) is 16.8. The lowest BCUT2D eigenvalue weighted by molar-refractivity contribution is -0.598. The van der Waals surface area contributed by atoms with Crippen LogP contribution >= 0.6 is 23.2 Å². The lowest BCUT2D eigenvalue weighted by atomic mass is 10.0. The molecule has 9 nitrogen and oxygen atoms in total. The van der Waals surface area contributed by atoms with Gasteiger partial charge < -0.3 is 15.8 Å². The Labute approximate surface area is 251 Å². The van der Waals surface area contributed by atoms with Crippen molar-refractivity contribution < 1.29 is 26.3 Å². The highest BCUT2D eigenvalue weighted by Gasteiger charge is 2.37. The molecule has 0 radical (unpaired) electrons. The fourth-order valence-electron chi connectivity index (χ4n) is 5.26. The van der Waals surface area contributed by atoms with Crippen LogP contribution in [-0.2, 0) is 29.1 Å². The van der Waals surface area contributed by atoms with Gasteiger partial charge in [0.05, 0.1) is 26.6 Å². The summed E-state index contributed by atoms with van der Waals surface area (Å²) in [6, 6.07) is 4.91. The Balaban J connectivity index is 1.78. The zero-order valence-corrected chi connectivity index (χ0v) is 25.4. The van der Waals surface area contributed by atoms with Crippen LogP contribution in [0.3, 0.4) is 0 Å². The van der Waals surface area contributed by atoms with Crippen molar-refractivity contribution in [3.8, 4) is 0 Å². The van der Waals surface area contributed by atoms with Crippen LogP contribution in [0.25, 0.3) is 10.9 Å². The molecule has 1 aliphatic rings. The number of alkyl halides is 3. The van der Waals surface area contributed by atoms with Crippen LogP contribution in [0.4, 0.5) is 13.2 Å². The second kappa shape index (κ2) is 13.1. The van der Waals surface area contributed by atoms with E-state index < -0.39 is 38.8 Å². The van der Waals surface area contributed by atoms with Crippen LogP contribution in [0.15, 0.2) is 40.2 Å². The Morgan fingerprint density at radius 2 is 1.90 bits per heavy atom. The average molecular weight is 651 g/mol. The molecule has 0 saturated carbocycles. The molecule has 0 aliphatic carbocycles. The first kappa shape index (κ1) is 32.5. The third kappa shape index (κ3) is 7.03. The number of rotatable bonds is 10. The number of piperidine rings is 1. The molecule has 2 aromatic carbocycles. The molecule has 1 fully saturated rings. The van der Waals surface area contributed by atoms with Crippen molar-refractivity contribution in [2.45, 2.75) is 50.0 Å². The zero-order chi connectivity index (χ0) is 30.8. The van der Waals surface area contributed by atoms with Crippen LogP contribution in [0, 0.1) is 5.21 Å². The summed E-state index contributed by atoms with van der Waals surface area (Å²) in [5.41, 5.74) is -2.67. The Morgan fingerprint density at radius 1 is 1.17 bits per heavy atom. The fraction of sp³-hybridized carbons (Fsp3) is 0.481. The Hall–Kier alpha value is -2.42. The predicted molar refractivity (Wildman–Crippen MR) is 156 cm³/mol. The van der Waals surface area contributed by atoms with Crippen molar-refractivity contribution in [1.29, 1.82) is 0 Å². The SMILES string of the molecule is CCS(=O)(=O)c1ccc(Cl)cc1Cn1cc2cc(C(F)(F)F)c(CN3CCC[C@H](NCCNC)C3)c(Cl)c2[n+]([O-])c1=O. The molecule has 0 amide bonds. The van der Waals surface area contributed by atoms with E-state index in [1.807, 2.05) is 11.9 Å². The number of hydrogen-bond acceptors (Lipinski definition) is 7. The molecule has 3 aromatic rings. The molecule has 1 atom stereocenters. The molecule has 2 N–H and O–H groups in total. The molecule has 1 aromatic heterocycles. The highest BCUT2D eigenvalue weighted by Crippen LogP contribution is 2.39. The van der Waals surface area contributed by atoms with E-state index in [1.54, 1.807) is 0 Å².